The molecule has 0 amide bonds. The summed E-state index contributed by atoms with van der Waals surface area (Å²) < 4.78 is 0. The molecule has 0 aromatic heterocycles. The second-order valence-electron chi connectivity index (χ2n) is 5.96. The van der Waals surface area contributed by atoms with E-state index < -0.39 is 0 Å². The molecule has 0 unspecified atom stereocenters. The Morgan fingerprint density at radius 2 is 1.04 bits per heavy atom. The van der Waals surface area contributed by atoms with Gasteiger partial charge in [0.1, 0.15) is 17.7 Å². The van der Waals surface area contributed by atoms with Crippen LogP contribution in [0.4, 0.5) is 11.4 Å². The van der Waals surface area contributed by atoms with Gasteiger partial charge in [-0.1, -0.05) is 24.3 Å². The highest BCUT2D eigenvalue weighted by molar-refractivity contribution is 6.40. The number of anilines is 2. The first kappa shape index (κ1) is 22.4. The summed E-state index contributed by atoms with van der Waals surface area (Å²) in [6.07, 6.45) is 0. The second kappa shape index (κ2) is 11.1. The second-order valence-corrected chi connectivity index (χ2v) is 6.77. The Hall–Kier alpha value is -2.66. The van der Waals surface area contributed by atoms with Crippen molar-refractivity contribution in [1.82, 2.24) is 0 Å². The van der Waals surface area contributed by atoms with Crippen LogP contribution in [-0.2, 0) is 0 Å². The van der Waals surface area contributed by atoms with Crippen LogP contribution in [-0.4, -0.2) is 33.5 Å². The van der Waals surface area contributed by atoms with Crippen molar-refractivity contribution in [1.29, 1.82) is 10.5 Å². The van der Waals surface area contributed by atoms with E-state index in [1.807, 2.05) is 98.7 Å². The van der Waals surface area contributed by atoms with E-state index in [4.69, 9.17) is 23.2 Å². The molecule has 0 saturated heterocycles. The third-order valence-electron chi connectivity index (χ3n) is 3.82. The van der Waals surface area contributed by atoms with Crippen molar-refractivity contribution in [2.24, 2.45) is 0 Å². The number of rotatable bonds is 4. The predicted octanol–water partition coefficient (Wildman–Crippen LogP) is 5.09. The summed E-state index contributed by atoms with van der Waals surface area (Å²) in [5, 5.41) is 18.9. The molecule has 140 valence electrons. The van der Waals surface area contributed by atoms with E-state index in [1.165, 1.54) is 0 Å². The van der Waals surface area contributed by atoms with Gasteiger partial charge in [0, 0.05) is 45.1 Å². The fourth-order valence-corrected chi connectivity index (χ4v) is 2.44. The van der Waals surface area contributed by atoms with Gasteiger partial charge in [0.25, 0.3) is 0 Å². The molecule has 0 N–H and O–H groups in total. The van der Waals surface area contributed by atoms with E-state index in [9.17, 15) is 10.5 Å². The highest BCUT2D eigenvalue weighted by Crippen LogP contribution is 2.29. The monoisotopic (exact) mass is 400 g/mol. The molecule has 0 aliphatic heterocycles. The molecule has 0 bridgehead atoms. The lowest BCUT2D eigenvalue weighted by atomic mass is 9.93. The molecule has 0 radical (unpaired) electrons. The largest absolute Gasteiger partial charge is 0.378 e. The van der Waals surface area contributed by atoms with Crippen LogP contribution in [0.2, 0.25) is 0 Å². The molecular formula is C21H22Cl2N4. The number of halogens is 2. The zero-order valence-corrected chi connectivity index (χ0v) is 17.4. The minimum Gasteiger partial charge on any atom is -0.378 e. The smallest absolute Gasteiger partial charge is 0.138 e. The van der Waals surface area contributed by atoms with E-state index in [2.05, 4.69) is 0 Å². The maximum Gasteiger partial charge on any atom is 0.138 e. The molecule has 0 spiro atoms. The van der Waals surface area contributed by atoms with Gasteiger partial charge in [0.2, 0.25) is 0 Å². The lowest BCUT2D eigenvalue weighted by Gasteiger charge is -2.16. The quantitative estimate of drug-likeness (QED) is 0.529. The Bertz CT molecular complexity index is 770. The van der Waals surface area contributed by atoms with Crippen LogP contribution in [0.5, 0.6) is 0 Å². The fraction of sp³-hybridized carbons (Fsp3) is 0.238. The van der Waals surface area contributed by atoms with Crippen LogP contribution in [0.15, 0.2) is 54.1 Å². The number of benzene rings is 2. The minimum atomic E-state index is 0.116. The summed E-state index contributed by atoms with van der Waals surface area (Å²) in [7, 11) is 7.90. The van der Waals surface area contributed by atoms with Crippen molar-refractivity contribution in [2.45, 2.75) is 0 Å². The Kier molecular flexibility index (Phi) is 9.23. The Morgan fingerprint density at radius 3 is 1.26 bits per heavy atom. The summed E-state index contributed by atoms with van der Waals surface area (Å²) in [4.78, 5) is 4.02. The summed E-state index contributed by atoms with van der Waals surface area (Å²) in [5.74, 6) is 0. The number of hydrogen-bond donors (Lipinski definition) is 0. The van der Waals surface area contributed by atoms with Crippen LogP contribution < -0.4 is 9.80 Å². The van der Waals surface area contributed by atoms with Crippen molar-refractivity contribution >= 4 is 40.1 Å². The molecule has 0 aliphatic carbocycles. The first-order valence-corrected chi connectivity index (χ1v) is 9.18. The zero-order chi connectivity index (χ0) is 20.4. The van der Waals surface area contributed by atoms with Crippen LogP contribution >= 0.6 is 23.2 Å². The summed E-state index contributed by atoms with van der Waals surface area (Å²) in [6, 6.07) is 19.7. The maximum absolute atomic E-state index is 9.36. The van der Waals surface area contributed by atoms with Crippen LogP contribution in [0, 0.1) is 22.7 Å². The molecule has 4 nitrogen and oxygen atoms in total. The molecule has 0 atom stereocenters. The van der Waals surface area contributed by atoms with Gasteiger partial charge >= 0.3 is 0 Å². The molecule has 0 saturated carbocycles. The van der Waals surface area contributed by atoms with E-state index in [0.717, 1.165) is 22.5 Å². The zero-order valence-electron chi connectivity index (χ0n) is 15.9. The first-order chi connectivity index (χ1) is 12.9. The summed E-state index contributed by atoms with van der Waals surface area (Å²) in [6.45, 7) is 0. The van der Waals surface area contributed by atoms with Crippen LogP contribution in [0.25, 0.3) is 5.57 Å². The highest BCUT2D eigenvalue weighted by atomic mass is 35.5. The SMILES string of the molecule is CN(C)c1ccc(C(=C(C#N)C#N)c2ccc(N(C)C)cc2)cc1.ClCCl. The van der Waals surface area contributed by atoms with Gasteiger partial charge in [-0.2, -0.15) is 10.5 Å². The Balaban J connectivity index is 0.00000114. The number of alkyl halides is 2. The van der Waals surface area contributed by atoms with Gasteiger partial charge in [0.15, 0.2) is 0 Å². The Morgan fingerprint density at radius 1 is 0.741 bits per heavy atom. The summed E-state index contributed by atoms with van der Waals surface area (Å²) in [5.41, 5.74) is 4.63. The molecule has 2 rings (SSSR count). The van der Waals surface area contributed by atoms with E-state index in [1.54, 1.807) is 0 Å². The number of allylic oxidation sites excluding steroid dienone is 1. The van der Waals surface area contributed by atoms with E-state index >= 15 is 0 Å². The standard InChI is InChI=1S/C20H20N4.CH2Cl2/c1-23(2)18-9-5-15(6-10-18)20(17(13-21)14-22)16-7-11-19(12-8-16)24(3)4;2-1-3/h5-12H,1-4H3;1H2. The van der Waals surface area contributed by atoms with Gasteiger partial charge in [-0.05, 0) is 35.4 Å². The average Bonchev–Trinajstić information content (AvgIpc) is 2.67. The van der Waals surface area contributed by atoms with E-state index in [0.29, 0.717) is 5.57 Å². The minimum absolute atomic E-state index is 0.116. The van der Waals surface area contributed by atoms with E-state index in [-0.39, 0.29) is 10.9 Å². The highest BCUT2D eigenvalue weighted by Gasteiger charge is 2.12. The molecule has 0 heterocycles. The summed E-state index contributed by atoms with van der Waals surface area (Å²) >= 11 is 9.53. The third kappa shape index (κ3) is 6.22. The van der Waals surface area contributed by atoms with Gasteiger partial charge in [-0.3, -0.25) is 0 Å². The maximum atomic E-state index is 9.36. The topological polar surface area (TPSA) is 54.1 Å². The molecule has 2 aromatic carbocycles. The lowest BCUT2D eigenvalue weighted by molar-refractivity contribution is 1.13. The number of nitrogens with zero attached hydrogens (tertiary/aromatic N) is 4. The van der Waals surface area contributed by atoms with Gasteiger partial charge < -0.3 is 9.80 Å². The van der Waals surface area contributed by atoms with Crippen LogP contribution in [0.3, 0.4) is 0 Å². The molecule has 27 heavy (non-hydrogen) atoms. The van der Waals surface area contributed by atoms with Gasteiger partial charge in [0.05, 0.1) is 5.34 Å². The molecule has 0 aliphatic rings. The van der Waals surface area contributed by atoms with Crippen molar-refractivity contribution in [3.63, 3.8) is 0 Å². The third-order valence-corrected chi connectivity index (χ3v) is 3.82. The average molecular weight is 401 g/mol. The first-order valence-electron chi connectivity index (χ1n) is 8.11. The van der Waals surface area contributed by atoms with Crippen molar-refractivity contribution in [3.05, 3.63) is 65.2 Å². The predicted molar refractivity (Wildman–Crippen MR) is 115 cm³/mol. The van der Waals surface area contributed by atoms with Gasteiger partial charge in [-0.15, -0.1) is 23.2 Å². The fourth-order valence-electron chi connectivity index (χ4n) is 2.44. The van der Waals surface area contributed by atoms with Crippen molar-refractivity contribution < 1.29 is 0 Å². The molecule has 6 heteroatoms. The van der Waals surface area contributed by atoms with Crippen LogP contribution in [0.1, 0.15) is 11.1 Å². The molecule has 2 aromatic rings. The number of hydrogen-bond acceptors (Lipinski definition) is 4. The Labute approximate surface area is 171 Å². The lowest BCUT2D eigenvalue weighted by Crippen LogP contribution is -2.08. The number of nitriles is 2. The molecular weight excluding hydrogens is 379 g/mol. The normalized spacial score (nSPS) is 9.19. The molecule has 0 fully saturated rings. The van der Waals surface area contributed by atoms with Crippen molar-refractivity contribution in [2.75, 3.05) is 43.3 Å². The van der Waals surface area contributed by atoms with Gasteiger partial charge in [-0.25, -0.2) is 0 Å². The van der Waals surface area contributed by atoms with Crippen molar-refractivity contribution in [3.8, 4) is 12.1 Å².